The van der Waals surface area contributed by atoms with Gasteiger partial charge in [-0.15, -0.1) is 0 Å². The Kier molecular flexibility index (Phi) is 6.11. The van der Waals surface area contributed by atoms with Crippen LogP contribution in [0.1, 0.15) is 30.5 Å². The van der Waals surface area contributed by atoms with E-state index in [-0.39, 0.29) is 24.0 Å². The normalized spacial score (nSPS) is 17.6. The Morgan fingerprint density at radius 1 is 1.36 bits per heavy atom. The average Bonchev–Trinajstić information content (AvgIpc) is 2.57. The number of aliphatic carboxylic acids is 1. The van der Waals surface area contributed by atoms with Gasteiger partial charge in [0.2, 0.25) is 5.91 Å². The quantitative estimate of drug-likeness (QED) is 0.862. The van der Waals surface area contributed by atoms with Gasteiger partial charge in [-0.2, -0.15) is 0 Å². The predicted octanol–water partition coefficient (Wildman–Crippen LogP) is 2.26. The summed E-state index contributed by atoms with van der Waals surface area (Å²) < 4.78 is 5.33. The van der Waals surface area contributed by atoms with Crippen LogP contribution in [0.15, 0.2) is 12.1 Å². The molecule has 0 saturated carbocycles. The zero-order chi connectivity index (χ0) is 18.7. The first-order valence-electron chi connectivity index (χ1n) is 8.07. The molecule has 136 valence electrons. The van der Waals surface area contributed by atoms with Crippen LogP contribution in [0, 0.1) is 12.8 Å². The molecule has 0 spiro atoms. The van der Waals surface area contributed by atoms with Crippen molar-refractivity contribution in [1.29, 1.82) is 0 Å². The summed E-state index contributed by atoms with van der Waals surface area (Å²) in [6.45, 7) is 5.32. The van der Waals surface area contributed by atoms with Crippen LogP contribution in [-0.2, 0) is 27.3 Å². The SMILES string of the molecule is COc1cc2c(cc1C)CC(C(=O)O)N(C(=O)C(C)CSC(C)=O)C2. The van der Waals surface area contributed by atoms with Crippen molar-refractivity contribution in [3.63, 3.8) is 0 Å². The molecule has 0 aliphatic carbocycles. The Labute approximate surface area is 151 Å². The zero-order valence-electron chi connectivity index (χ0n) is 14.9. The van der Waals surface area contributed by atoms with Gasteiger partial charge >= 0.3 is 5.97 Å². The summed E-state index contributed by atoms with van der Waals surface area (Å²) in [7, 11) is 1.58. The van der Waals surface area contributed by atoms with Gasteiger partial charge in [-0.05, 0) is 29.7 Å². The van der Waals surface area contributed by atoms with Crippen molar-refractivity contribution in [3.05, 3.63) is 28.8 Å². The highest BCUT2D eigenvalue weighted by Crippen LogP contribution is 2.31. The molecule has 1 aliphatic rings. The second kappa shape index (κ2) is 7.91. The van der Waals surface area contributed by atoms with Crippen LogP contribution in [0.25, 0.3) is 0 Å². The van der Waals surface area contributed by atoms with Gasteiger partial charge in [0.05, 0.1) is 7.11 Å². The molecule has 0 aromatic heterocycles. The number of hydrogen-bond donors (Lipinski definition) is 1. The minimum atomic E-state index is -1.01. The number of fused-ring (bicyclic) bond motifs is 1. The highest BCUT2D eigenvalue weighted by molar-refractivity contribution is 8.13. The number of carboxylic acid groups (broad SMARTS) is 1. The first kappa shape index (κ1) is 19.3. The molecule has 1 aromatic carbocycles. The Bertz CT molecular complexity index is 703. The molecule has 0 fully saturated rings. The summed E-state index contributed by atoms with van der Waals surface area (Å²) in [5, 5.41) is 9.52. The average molecular weight is 365 g/mol. The number of rotatable bonds is 5. The molecule has 2 atom stereocenters. The fourth-order valence-corrected chi connectivity index (χ4v) is 3.64. The van der Waals surface area contributed by atoms with E-state index in [4.69, 9.17) is 4.74 Å². The number of ether oxygens (including phenoxy) is 1. The molecule has 6 nitrogen and oxygen atoms in total. The highest BCUT2D eigenvalue weighted by atomic mass is 32.2. The van der Waals surface area contributed by atoms with E-state index >= 15 is 0 Å². The molecule has 1 amide bonds. The molecule has 7 heteroatoms. The molecular formula is C18H23NO5S. The monoisotopic (exact) mass is 365 g/mol. The number of thioether (sulfide) groups is 1. The Morgan fingerprint density at radius 2 is 2.04 bits per heavy atom. The van der Waals surface area contributed by atoms with E-state index in [0.717, 1.165) is 34.2 Å². The molecule has 0 saturated heterocycles. The summed E-state index contributed by atoms with van der Waals surface area (Å²) in [6, 6.07) is 2.91. The van der Waals surface area contributed by atoms with E-state index in [2.05, 4.69) is 0 Å². The molecule has 25 heavy (non-hydrogen) atoms. The van der Waals surface area contributed by atoms with Crippen molar-refractivity contribution >= 4 is 28.8 Å². The standard InChI is InChI=1S/C18H23NO5S/c1-10-5-13-6-15(18(22)23)19(8-14(13)7-16(10)24-4)17(21)11(2)9-25-12(3)20/h5,7,11,15H,6,8-9H2,1-4H3,(H,22,23). The topological polar surface area (TPSA) is 83.9 Å². The molecule has 0 bridgehead atoms. The van der Waals surface area contributed by atoms with E-state index in [1.165, 1.54) is 11.8 Å². The minimum Gasteiger partial charge on any atom is -0.496 e. The maximum absolute atomic E-state index is 12.8. The van der Waals surface area contributed by atoms with Crippen molar-refractivity contribution in [2.45, 2.75) is 39.8 Å². The largest absolute Gasteiger partial charge is 0.496 e. The number of nitrogens with zero attached hydrogens (tertiary/aromatic N) is 1. The smallest absolute Gasteiger partial charge is 0.326 e. The molecule has 1 aliphatic heterocycles. The molecule has 2 rings (SSSR count). The number of carbonyl (C=O) groups excluding carboxylic acids is 2. The molecule has 1 heterocycles. The third kappa shape index (κ3) is 4.34. The van der Waals surface area contributed by atoms with E-state index in [0.29, 0.717) is 5.75 Å². The second-order valence-corrected chi connectivity index (χ2v) is 7.52. The number of aryl methyl sites for hydroxylation is 1. The molecule has 0 radical (unpaired) electrons. The van der Waals surface area contributed by atoms with Gasteiger partial charge in [-0.3, -0.25) is 9.59 Å². The van der Waals surface area contributed by atoms with Gasteiger partial charge in [-0.1, -0.05) is 24.8 Å². The van der Waals surface area contributed by atoms with E-state index in [1.807, 2.05) is 19.1 Å². The van der Waals surface area contributed by atoms with Crippen LogP contribution in [-0.4, -0.2) is 45.9 Å². The lowest BCUT2D eigenvalue weighted by atomic mass is 9.91. The number of carbonyl (C=O) groups is 3. The van der Waals surface area contributed by atoms with Crippen LogP contribution in [0.4, 0.5) is 0 Å². The lowest BCUT2D eigenvalue weighted by Crippen LogP contribution is -2.50. The zero-order valence-corrected chi connectivity index (χ0v) is 15.7. The van der Waals surface area contributed by atoms with Crippen LogP contribution in [0.5, 0.6) is 5.75 Å². The van der Waals surface area contributed by atoms with Crippen LogP contribution in [0.3, 0.4) is 0 Å². The maximum atomic E-state index is 12.8. The third-order valence-electron chi connectivity index (χ3n) is 4.37. The van der Waals surface area contributed by atoms with E-state index < -0.39 is 17.9 Å². The number of amides is 1. The van der Waals surface area contributed by atoms with Crippen molar-refractivity contribution in [2.24, 2.45) is 5.92 Å². The number of hydrogen-bond acceptors (Lipinski definition) is 5. The van der Waals surface area contributed by atoms with Crippen molar-refractivity contribution in [3.8, 4) is 5.75 Å². The summed E-state index contributed by atoms with van der Waals surface area (Å²) in [4.78, 5) is 37.0. The van der Waals surface area contributed by atoms with Crippen molar-refractivity contribution in [2.75, 3.05) is 12.9 Å². The van der Waals surface area contributed by atoms with Crippen LogP contribution < -0.4 is 4.74 Å². The van der Waals surface area contributed by atoms with Crippen molar-refractivity contribution in [1.82, 2.24) is 4.90 Å². The fourth-order valence-electron chi connectivity index (χ4n) is 3.01. The van der Waals surface area contributed by atoms with Gasteiger partial charge < -0.3 is 14.7 Å². The van der Waals surface area contributed by atoms with Gasteiger partial charge in [0, 0.05) is 31.6 Å². The van der Waals surface area contributed by atoms with Crippen LogP contribution >= 0.6 is 11.8 Å². The summed E-state index contributed by atoms with van der Waals surface area (Å²) in [6.07, 6.45) is 0.272. The molecule has 2 unspecified atom stereocenters. The lowest BCUT2D eigenvalue weighted by molar-refractivity contribution is -0.152. The minimum absolute atomic E-state index is 0.0568. The Balaban J connectivity index is 2.29. The van der Waals surface area contributed by atoms with Crippen LogP contribution in [0.2, 0.25) is 0 Å². The molecule has 1 aromatic rings. The van der Waals surface area contributed by atoms with Crippen molar-refractivity contribution < 1.29 is 24.2 Å². The molecule has 1 N–H and O–H groups in total. The number of methoxy groups -OCH3 is 1. The fraction of sp³-hybridized carbons (Fsp3) is 0.500. The van der Waals surface area contributed by atoms with Gasteiger partial charge in [0.1, 0.15) is 11.8 Å². The first-order valence-corrected chi connectivity index (χ1v) is 9.06. The predicted molar refractivity (Wildman–Crippen MR) is 95.7 cm³/mol. The van der Waals surface area contributed by atoms with Gasteiger partial charge in [0.25, 0.3) is 0 Å². The lowest BCUT2D eigenvalue weighted by Gasteiger charge is -2.36. The third-order valence-corrected chi connectivity index (χ3v) is 5.45. The maximum Gasteiger partial charge on any atom is 0.326 e. The van der Waals surface area contributed by atoms with Gasteiger partial charge in [0.15, 0.2) is 5.12 Å². The number of benzene rings is 1. The second-order valence-electron chi connectivity index (χ2n) is 6.32. The van der Waals surface area contributed by atoms with Gasteiger partial charge in [-0.25, -0.2) is 4.79 Å². The Hall–Kier alpha value is -2.02. The van der Waals surface area contributed by atoms with E-state index in [1.54, 1.807) is 14.0 Å². The van der Waals surface area contributed by atoms with E-state index in [9.17, 15) is 19.5 Å². The summed E-state index contributed by atoms with van der Waals surface area (Å²) in [5.74, 6) is -0.615. The summed E-state index contributed by atoms with van der Waals surface area (Å²) >= 11 is 1.08. The highest BCUT2D eigenvalue weighted by Gasteiger charge is 2.36. The number of carboxylic acids is 1. The molecular weight excluding hydrogens is 342 g/mol. The Morgan fingerprint density at radius 3 is 2.60 bits per heavy atom. The summed E-state index contributed by atoms with van der Waals surface area (Å²) in [5.41, 5.74) is 2.77. The first-order chi connectivity index (χ1) is 11.7.